The number of nitrogens with one attached hydrogen (secondary N) is 2. The van der Waals surface area contributed by atoms with Gasteiger partial charge in [0.25, 0.3) is 0 Å². The van der Waals surface area contributed by atoms with Crippen LogP contribution in [0.4, 0.5) is 19.1 Å². The van der Waals surface area contributed by atoms with Gasteiger partial charge in [-0.15, -0.1) is 10.2 Å². The molecule has 0 spiro atoms. The lowest BCUT2D eigenvalue weighted by Gasteiger charge is -2.32. The van der Waals surface area contributed by atoms with E-state index >= 15 is 0 Å². The Morgan fingerprint density at radius 3 is 2.43 bits per heavy atom. The molecular formula is C26H27Cl2F3N8O3. The first-order chi connectivity index (χ1) is 19.9. The molecule has 0 aliphatic carbocycles. The first-order valence-corrected chi connectivity index (χ1v) is 13.8. The average molecular weight is 627 g/mol. The van der Waals surface area contributed by atoms with Gasteiger partial charge in [-0.3, -0.25) is 4.57 Å². The van der Waals surface area contributed by atoms with Gasteiger partial charge >= 0.3 is 11.9 Å². The smallest absolute Gasteiger partial charge is 0.388 e. The molecule has 1 fully saturated rings. The number of piperidine rings is 1. The van der Waals surface area contributed by atoms with Gasteiger partial charge in [0.2, 0.25) is 5.95 Å². The second kappa shape index (κ2) is 12.1. The fraction of sp³-hybridized carbons (Fsp3) is 0.385. The van der Waals surface area contributed by atoms with E-state index in [1.807, 2.05) is 0 Å². The predicted octanol–water partition coefficient (Wildman–Crippen LogP) is 3.10. The number of aliphatic hydroxyl groups is 2. The van der Waals surface area contributed by atoms with Crippen LogP contribution in [0.2, 0.25) is 10.0 Å². The normalized spacial score (nSPS) is 16.0. The van der Waals surface area contributed by atoms with E-state index in [2.05, 4.69) is 25.8 Å². The van der Waals surface area contributed by atoms with E-state index in [0.29, 0.717) is 47.2 Å². The lowest BCUT2D eigenvalue weighted by atomic mass is 9.92. The summed E-state index contributed by atoms with van der Waals surface area (Å²) in [5.41, 5.74) is -1.09. The zero-order chi connectivity index (χ0) is 30.1. The summed E-state index contributed by atoms with van der Waals surface area (Å²) in [4.78, 5) is 17.8. The van der Waals surface area contributed by atoms with Crippen LogP contribution in [0.5, 0.6) is 0 Å². The number of rotatable bonds is 9. The fourth-order valence-corrected chi connectivity index (χ4v) is 4.91. The Morgan fingerprint density at radius 1 is 1.07 bits per heavy atom. The van der Waals surface area contributed by atoms with Gasteiger partial charge in [0.1, 0.15) is 6.54 Å². The third kappa shape index (κ3) is 6.63. The van der Waals surface area contributed by atoms with Crippen molar-refractivity contribution in [3.63, 3.8) is 0 Å². The topological polar surface area (TPSA) is 135 Å². The molecule has 5 rings (SSSR count). The minimum atomic E-state index is -4.95. The summed E-state index contributed by atoms with van der Waals surface area (Å²) >= 11 is 12.4. The molecule has 1 unspecified atom stereocenters. The second-order valence-corrected chi connectivity index (χ2v) is 10.8. The van der Waals surface area contributed by atoms with E-state index in [0.717, 1.165) is 9.25 Å². The molecule has 0 radical (unpaired) electrons. The van der Waals surface area contributed by atoms with Crippen molar-refractivity contribution in [2.24, 2.45) is 0 Å². The van der Waals surface area contributed by atoms with Crippen LogP contribution in [0.3, 0.4) is 0 Å². The summed E-state index contributed by atoms with van der Waals surface area (Å²) in [5, 5.41) is 36.5. The summed E-state index contributed by atoms with van der Waals surface area (Å²) in [6.07, 6.45) is -6.70. The molecule has 11 nitrogen and oxygen atoms in total. The van der Waals surface area contributed by atoms with Crippen molar-refractivity contribution in [2.75, 3.05) is 25.0 Å². The maximum Gasteiger partial charge on any atom is 0.416 e. The highest BCUT2D eigenvalue weighted by molar-refractivity contribution is 6.32. The van der Waals surface area contributed by atoms with Gasteiger partial charge in [0, 0.05) is 17.1 Å². The van der Waals surface area contributed by atoms with Crippen molar-refractivity contribution in [1.29, 1.82) is 0 Å². The molecule has 2 aromatic heterocycles. The van der Waals surface area contributed by atoms with Gasteiger partial charge in [-0.05, 0) is 62.3 Å². The summed E-state index contributed by atoms with van der Waals surface area (Å²) in [7, 11) is 0. The molecular weight excluding hydrogens is 600 g/mol. The Hall–Kier alpha value is -3.43. The SMILES string of the molecule is O=c1n(Cc2nc(NCC3(O)CCNCC3)n(-c3ccccc3Cl)n2)nc(-c2ccc(Cl)cc2)n1CC(O)C(F)(F)F. The van der Waals surface area contributed by atoms with E-state index in [9.17, 15) is 28.2 Å². The quantitative estimate of drug-likeness (QED) is 0.223. The summed E-state index contributed by atoms with van der Waals surface area (Å²) in [6, 6.07) is 12.9. The monoisotopic (exact) mass is 626 g/mol. The number of halogens is 5. The molecule has 0 bridgehead atoms. The number of aromatic nitrogens is 6. The van der Waals surface area contributed by atoms with E-state index in [4.69, 9.17) is 23.2 Å². The Kier molecular flexibility index (Phi) is 8.62. The third-order valence-corrected chi connectivity index (χ3v) is 7.46. The maximum absolute atomic E-state index is 13.3. The summed E-state index contributed by atoms with van der Waals surface area (Å²) in [6.45, 7) is 0.106. The van der Waals surface area contributed by atoms with Crippen LogP contribution in [0.1, 0.15) is 18.7 Å². The molecule has 1 saturated heterocycles. The van der Waals surface area contributed by atoms with Crippen molar-refractivity contribution >= 4 is 29.2 Å². The average Bonchev–Trinajstić information content (AvgIpc) is 3.49. The number of nitrogens with zero attached hydrogens (tertiary/aromatic N) is 6. The second-order valence-electron chi connectivity index (χ2n) is 9.98. The van der Waals surface area contributed by atoms with Crippen LogP contribution < -0.4 is 16.3 Å². The Morgan fingerprint density at radius 2 is 1.76 bits per heavy atom. The molecule has 1 aliphatic rings. The highest BCUT2D eigenvalue weighted by Gasteiger charge is 2.39. The van der Waals surface area contributed by atoms with Gasteiger partial charge in [-0.25, -0.2) is 9.48 Å². The van der Waals surface area contributed by atoms with E-state index in [-0.39, 0.29) is 30.7 Å². The van der Waals surface area contributed by atoms with Crippen molar-refractivity contribution in [3.8, 4) is 17.1 Å². The standard InChI is InChI=1S/C26H27Cl2F3N8O3/c27-17-7-5-16(6-8-17)22-36-38(24(41)37(22)13-20(40)26(29,30)31)14-21-34-23(33-15-25(42)9-11-32-12-10-25)39(35-21)19-4-2-1-3-18(19)28/h1-8,20,32,40,42H,9-15H2,(H,33,34,35). The number of hydrogen-bond donors (Lipinski definition) is 4. The van der Waals surface area contributed by atoms with Crippen LogP contribution in [0.25, 0.3) is 17.1 Å². The predicted molar refractivity (Wildman–Crippen MR) is 150 cm³/mol. The Balaban J connectivity index is 1.51. The lowest BCUT2D eigenvalue weighted by molar-refractivity contribution is -0.207. The maximum atomic E-state index is 13.3. The number of anilines is 1. The van der Waals surface area contributed by atoms with Crippen LogP contribution in [-0.4, -0.2) is 76.8 Å². The number of alkyl halides is 3. The molecule has 1 atom stereocenters. The molecule has 0 saturated carbocycles. The van der Waals surface area contributed by atoms with Gasteiger partial charge in [-0.2, -0.15) is 22.8 Å². The molecule has 224 valence electrons. The zero-order valence-corrected chi connectivity index (χ0v) is 23.5. The van der Waals surface area contributed by atoms with E-state index < -0.39 is 30.1 Å². The van der Waals surface area contributed by atoms with Gasteiger partial charge < -0.3 is 20.8 Å². The number of benzene rings is 2. The van der Waals surface area contributed by atoms with Gasteiger partial charge in [-0.1, -0.05) is 35.3 Å². The van der Waals surface area contributed by atoms with Gasteiger partial charge in [0.15, 0.2) is 17.8 Å². The minimum Gasteiger partial charge on any atom is -0.388 e. The number of hydrogen-bond acceptors (Lipinski definition) is 8. The molecule has 1 aliphatic heterocycles. The fourth-order valence-electron chi connectivity index (χ4n) is 4.57. The number of aliphatic hydroxyl groups excluding tert-OH is 1. The van der Waals surface area contributed by atoms with Crippen LogP contribution in [0, 0.1) is 0 Å². The molecule has 42 heavy (non-hydrogen) atoms. The molecule has 2 aromatic carbocycles. The first-order valence-electron chi connectivity index (χ1n) is 13.0. The van der Waals surface area contributed by atoms with Crippen molar-refractivity contribution in [2.45, 2.75) is 43.8 Å². The lowest BCUT2D eigenvalue weighted by Crippen LogP contribution is -2.46. The Labute approximate surface area is 247 Å². The molecule has 4 aromatic rings. The third-order valence-electron chi connectivity index (χ3n) is 6.89. The molecule has 0 amide bonds. The van der Waals surface area contributed by atoms with Crippen LogP contribution >= 0.6 is 23.2 Å². The van der Waals surface area contributed by atoms with E-state index in [1.165, 1.54) is 28.9 Å². The van der Waals surface area contributed by atoms with Crippen molar-refractivity contribution in [1.82, 2.24) is 34.4 Å². The number of para-hydroxylation sites is 1. The van der Waals surface area contributed by atoms with E-state index in [1.54, 1.807) is 24.3 Å². The molecule has 16 heteroatoms. The molecule has 3 heterocycles. The van der Waals surface area contributed by atoms with Crippen LogP contribution in [-0.2, 0) is 13.1 Å². The molecule has 4 N–H and O–H groups in total. The minimum absolute atomic E-state index is 0.0977. The van der Waals surface area contributed by atoms with Gasteiger partial charge in [0.05, 0.1) is 22.9 Å². The summed E-state index contributed by atoms with van der Waals surface area (Å²) < 4.78 is 42.7. The van der Waals surface area contributed by atoms with Crippen molar-refractivity contribution < 1.29 is 23.4 Å². The first kappa shape index (κ1) is 30.0. The highest BCUT2D eigenvalue weighted by Crippen LogP contribution is 2.26. The van der Waals surface area contributed by atoms with Crippen LogP contribution in [0.15, 0.2) is 53.3 Å². The highest BCUT2D eigenvalue weighted by atomic mass is 35.5. The largest absolute Gasteiger partial charge is 0.416 e. The summed E-state index contributed by atoms with van der Waals surface area (Å²) in [5.74, 6) is 0.237. The van der Waals surface area contributed by atoms with Crippen molar-refractivity contribution in [3.05, 3.63) is 74.9 Å². The Bertz CT molecular complexity index is 1600. The zero-order valence-electron chi connectivity index (χ0n) is 22.0.